The predicted molar refractivity (Wildman–Crippen MR) is 442 cm³/mol. The summed E-state index contributed by atoms with van der Waals surface area (Å²) in [6.45, 7) is 0. The summed E-state index contributed by atoms with van der Waals surface area (Å²) >= 11 is 5.99. The van der Waals surface area contributed by atoms with E-state index in [2.05, 4.69) is 369 Å². The summed E-state index contributed by atoms with van der Waals surface area (Å²) in [6, 6.07) is 127. The highest BCUT2D eigenvalue weighted by atomic mass is 35.5. The fraction of sp³-hybridized carbons (Fsp3) is 0. The van der Waals surface area contributed by atoms with E-state index in [4.69, 9.17) is 16.6 Å². The minimum Gasteiger partial charge on any atom is -0.355 e. The maximum atomic E-state index is 5.99. The Morgan fingerprint density at radius 2 is 0.619 bits per heavy atom. The van der Waals surface area contributed by atoms with Gasteiger partial charge in [0.1, 0.15) is 11.0 Å². The van der Waals surface area contributed by atoms with Gasteiger partial charge in [0, 0.05) is 87.8 Å². The van der Waals surface area contributed by atoms with Gasteiger partial charge in [-0.15, -0.1) is 0 Å². The molecule has 0 bridgehead atoms. The van der Waals surface area contributed by atoms with Gasteiger partial charge < -0.3 is 14.1 Å². The lowest BCUT2D eigenvalue weighted by Gasteiger charge is -2.10. The Kier molecular flexibility index (Phi) is 13.0. The molecule has 1 N–H and O–H groups in total. The van der Waals surface area contributed by atoms with E-state index < -0.39 is 0 Å². The summed E-state index contributed by atoms with van der Waals surface area (Å²) in [5.74, 6) is 0.935. The van der Waals surface area contributed by atoms with Gasteiger partial charge in [0.15, 0.2) is 0 Å². The van der Waals surface area contributed by atoms with Gasteiger partial charge in [-0.2, -0.15) is 0 Å². The van der Waals surface area contributed by atoms with Gasteiger partial charge in [0.25, 0.3) is 0 Å². The van der Waals surface area contributed by atoms with Crippen molar-refractivity contribution in [3.63, 3.8) is 0 Å². The number of benzene rings is 16. The van der Waals surface area contributed by atoms with Crippen LogP contribution < -0.4 is 0 Å². The third kappa shape index (κ3) is 9.23. The normalized spacial score (nSPS) is 12.0. The van der Waals surface area contributed by atoms with Crippen molar-refractivity contribution in [2.75, 3.05) is 0 Å². The maximum absolute atomic E-state index is 5.99. The minimum atomic E-state index is 0.550. The van der Waals surface area contributed by atoms with Gasteiger partial charge >= 0.3 is 0 Å². The van der Waals surface area contributed by atoms with Crippen LogP contribution in [0, 0.1) is 0 Å². The van der Waals surface area contributed by atoms with Gasteiger partial charge in [0.05, 0.1) is 44.5 Å². The van der Waals surface area contributed by atoms with Gasteiger partial charge in [-0.05, 0) is 210 Å². The summed E-state index contributed by atoms with van der Waals surface area (Å²) < 4.78 is 7.13. The summed E-state index contributed by atoms with van der Waals surface area (Å²) in [6.07, 6.45) is 0. The topological polar surface area (TPSA) is 56.4 Å². The van der Waals surface area contributed by atoms with Crippen molar-refractivity contribution in [1.29, 1.82) is 0 Å². The molecule has 16 aromatic carbocycles. The van der Waals surface area contributed by atoms with E-state index in [0.29, 0.717) is 5.15 Å². The molecule has 0 amide bonds. The number of rotatable bonds is 5. The van der Waals surface area contributed by atoms with Crippen LogP contribution in [0.25, 0.3) is 215 Å². The van der Waals surface area contributed by atoms with Crippen LogP contribution in [0.4, 0.5) is 0 Å². The first kappa shape index (κ1) is 59.1. The molecular formula is C98H59ClN6. The van der Waals surface area contributed by atoms with Gasteiger partial charge in [0.2, 0.25) is 0 Å². The Balaban J connectivity index is 0.000000112. The second-order valence-electron chi connectivity index (χ2n) is 27.8. The number of halogens is 1. The second-order valence-corrected chi connectivity index (χ2v) is 28.2. The fourth-order valence-electron chi connectivity index (χ4n) is 17.3. The first-order valence-electron chi connectivity index (χ1n) is 35.8. The molecule has 488 valence electrons. The van der Waals surface area contributed by atoms with Crippen LogP contribution in [0.15, 0.2) is 352 Å². The number of H-pyrrole nitrogens is 1. The number of aromatic nitrogens is 6. The molecule has 2 aliphatic rings. The summed E-state index contributed by atoms with van der Waals surface area (Å²) in [5.41, 5.74) is 26.1. The van der Waals surface area contributed by atoms with E-state index in [9.17, 15) is 0 Å². The SMILES string of the molecule is Clc1ccc2c(n1)-c1cccc3cccc-2c13.c1ccc(-n2c3ccc(-c4ccc5[nH]c6ccccc6c5c4)cc3c3cc4ccccc4cc32)cc1.c1ccc(-n2c3ccc(-c4ccc5c(c4)c4ccccc4n5-c4ccc5c(n4)-c4cccc6cccc-5c46)cc3c3cc4ccccc4cc32)cc1. The van der Waals surface area contributed by atoms with Crippen molar-refractivity contribution >= 4 is 142 Å². The summed E-state index contributed by atoms with van der Waals surface area (Å²) in [5, 5.41) is 20.7. The highest BCUT2D eigenvalue weighted by Gasteiger charge is 2.26. The van der Waals surface area contributed by atoms with Crippen molar-refractivity contribution in [2.24, 2.45) is 0 Å². The third-order valence-corrected chi connectivity index (χ3v) is 22.2. The predicted octanol–water partition coefficient (Wildman–Crippen LogP) is 26.7. The molecule has 6 nitrogen and oxygen atoms in total. The van der Waals surface area contributed by atoms with Crippen molar-refractivity contribution in [3.05, 3.63) is 357 Å². The van der Waals surface area contributed by atoms with Crippen LogP contribution in [-0.4, -0.2) is 28.7 Å². The molecule has 22 aromatic rings. The van der Waals surface area contributed by atoms with Gasteiger partial charge in [-0.25, -0.2) is 9.97 Å². The number of fused-ring (bicyclic) bond motifs is 20. The average Bonchev–Trinajstić information content (AvgIpc) is 1.59. The Morgan fingerprint density at radius 1 is 0.229 bits per heavy atom. The molecular weight excluding hydrogens is 1300 g/mol. The zero-order chi connectivity index (χ0) is 69.0. The number of nitrogens with one attached hydrogen (secondary N) is 1. The Labute approximate surface area is 607 Å². The molecule has 105 heavy (non-hydrogen) atoms. The molecule has 6 aromatic heterocycles. The number of hydrogen-bond donors (Lipinski definition) is 1. The molecule has 6 heterocycles. The molecule has 0 radical (unpaired) electrons. The molecule has 0 unspecified atom stereocenters. The van der Waals surface area contributed by atoms with Crippen molar-refractivity contribution in [2.45, 2.75) is 0 Å². The standard InChI is InChI=1S/C49H29N3.C34H22N2.C15H8ClN/c1-2-14-35(15-3-1)51-44-23-20-34(28-41(44)42-26-31-10-4-5-11-32(31)29-46(42)51)33-21-24-45-40(27-33)36-16-6-7-19-43(36)52(45)47-25-22-38-37-17-8-12-30-13-9-18-39(48(30)37)49(38)50-47;1-2-10-26(11-3-1)36-33-17-15-25(20-29(33)30-19-22-8-4-5-9-23(22)21-34(30)36)24-14-16-32-28(18-24)27-12-6-7-13-31(27)35-32;16-13-8-7-11-10-5-1-3-9-4-2-6-12(14(9)10)15(11)17-13/h1-29H;1-21,35H;1-8H. The van der Waals surface area contributed by atoms with Crippen LogP contribution in [0.1, 0.15) is 0 Å². The van der Waals surface area contributed by atoms with Crippen molar-refractivity contribution < 1.29 is 0 Å². The molecule has 0 fully saturated rings. The quantitative estimate of drug-likeness (QED) is 0.175. The number of pyridine rings is 2. The first-order chi connectivity index (χ1) is 52.0. The number of aromatic amines is 1. The highest BCUT2D eigenvalue weighted by molar-refractivity contribution is 6.30. The fourth-order valence-corrected chi connectivity index (χ4v) is 17.4. The molecule has 0 saturated carbocycles. The first-order valence-corrected chi connectivity index (χ1v) is 36.2. The highest BCUT2D eigenvalue weighted by Crippen LogP contribution is 2.49. The van der Waals surface area contributed by atoms with E-state index in [1.807, 2.05) is 6.07 Å². The monoisotopic (exact) mass is 1350 g/mol. The van der Waals surface area contributed by atoms with Crippen LogP contribution in [-0.2, 0) is 0 Å². The Morgan fingerprint density at radius 3 is 1.17 bits per heavy atom. The molecule has 24 rings (SSSR count). The van der Waals surface area contributed by atoms with E-state index in [0.717, 1.165) is 28.2 Å². The van der Waals surface area contributed by atoms with Gasteiger partial charge in [-0.3, -0.25) is 4.57 Å². The third-order valence-electron chi connectivity index (χ3n) is 22.0. The second kappa shape index (κ2) is 23.2. The molecule has 2 aliphatic carbocycles. The largest absolute Gasteiger partial charge is 0.355 e. The van der Waals surface area contributed by atoms with Gasteiger partial charge in [-0.1, -0.05) is 230 Å². The van der Waals surface area contributed by atoms with Crippen molar-refractivity contribution in [1.82, 2.24) is 28.7 Å². The average molecular weight is 1360 g/mol. The number of nitrogens with zero attached hydrogens (tertiary/aromatic N) is 5. The zero-order valence-corrected chi connectivity index (χ0v) is 57.4. The van der Waals surface area contributed by atoms with Crippen LogP contribution in [0.2, 0.25) is 5.15 Å². The molecule has 7 heteroatoms. The van der Waals surface area contributed by atoms with Crippen LogP contribution in [0.3, 0.4) is 0 Å². The smallest absolute Gasteiger partial charge is 0.138 e. The van der Waals surface area contributed by atoms with E-state index in [-0.39, 0.29) is 0 Å². The Hall–Kier alpha value is -13.7. The molecule has 0 saturated heterocycles. The van der Waals surface area contributed by atoms with E-state index >= 15 is 0 Å². The van der Waals surface area contributed by atoms with E-state index in [1.54, 1.807) is 0 Å². The molecule has 0 atom stereocenters. The minimum absolute atomic E-state index is 0.550. The van der Waals surface area contributed by atoms with Crippen LogP contribution >= 0.6 is 11.6 Å². The lowest BCUT2D eigenvalue weighted by Crippen LogP contribution is -1.98. The van der Waals surface area contributed by atoms with Crippen molar-refractivity contribution in [3.8, 4) is 84.2 Å². The van der Waals surface area contributed by atoms with Crippen LogP contribution in [0.5, 0.6) is 0 Å². The lowest BCUT2D eigenvalue weighted by atomic mass is 10.00. The molecule has 0 spiro atoms. The summed E-state index contributed by atoms with van der Waals surface area (Å²) in [4.78, 5) is 13.4. The Bertz CT molecular complexity index is 7410. The number of para-hydroxylation sites is 4. The number of hydrogen-bond acceptors (Lipinski definition) is 2. The maximum Gasteiger partial charge on any atom is 0.138 e. The molecule has 0 aliphatic heterocycles. The van der Waals surface area contributed by atoms with E-state index in [1.165, 1.54) is 186 Å². The lowest BCUT2D eigenvalue weighted by molar-refractivity contribution is 1.09. The summed E-state index contributed by atoms with van der Waals surface area (Å²) in [7, 11) is 0. The zero-order valence-electron chi connectivity index (χ0n) is 56.6.